The number of carboxylic acid groups (broad SMARTS) is 1. The Morgan fingerprint density at radius 3 is 2.55 bits per heavy atom. The molecule has 1 rings (SSSR count). The molecule has 0 aliphatic carbocycles. The Balaban J connectivity index is 2.70. The third-order valence-corrected chi connectivity index (χ3v) is 2.58. The summed E-state index contributed by atoms with van der Waals surface area (Å²) in [5.41, 5.74) is -0.631. The van der Waals surface area contributed by atoms with Crippen molar-refractivity contribution < 1.29 is 23.5 Å². The second kappa shape index (κ2) is 6.97. The number of aromatic nitrogens is 2. The number of rotatable bonds is 7. The third-order valence-electron chi connectivity index (χ3n) is 2.58. The van der Waals surface area contributed by atoms with Crippen LogP contribution in [0.2, 0.25) is 0 Å². The fourth-order valence-electron chi connectivity index (χ4n) is 1.80. The minimum atomic E-state index is -2.74. The van der Waals surface area contributed by atoms with Crippen molar-refractivity contribution in [3.05, 3.63) is 17.5 Å². The number of carboxylic acids is 1. The smallest absolute Gasteiger partial charge is 0.305 e. The van der Waals surface area contributed by atoms with Gasteiger partial charge >= 0.3 is 5.97 Å². The molecule has 1 aromatic rings. The first-order valence-corrected chi connectivity index (χ1v) is 6.15. The highest BCUT2D eigenvalue weighted by atomic mass is 19.3. The summed E-state index contributed by atoms with van der Waals surface area (Å²) in [4.78, 5) is 22.6. The van der Waals surface area contributed by atoms with Gasteiger partial charge in [-0.1, -0.05) is 13.8 Å². The molecule has 0 fully saturated rings. The maximum absolute atomic E-state index is 12.4. The third kappa shape index (κ3) is 4.94. The number of carbonyl (C=O) groups is 2. The Kier molecular flexibility index (Phi) is 5.60. The molecular formula is C12H17F2N3O3. The van der Waals surface area contributed by atoms with Gasteiger partial charge in [-0.05, 0) is 18.4 Å². The van der Waals surface area contributed by atoms with Gasteiger partial charge in [-0.3, -0.25) is 14.7 Å². The van der Waals surface area contributed by atoms with Crippen molar-refractivity contribution in [2.75, 3.05) is 0 Å². The van der Waals surface area contributed by atoms with Crippen LogP contribution in [0.1, 0.15) is 49.3 Å². The van der Waals surface area contributed by atoms with E-state index in [0.29, 0.717) is 6.42 Å². The number of aromatic amines is 1. The Hall–Kier alpha value is -1.99. The quantitative estimate of drug-likeness (QED) is 0.715. The van der Waals surface area contributed by atoms with Gasteiger partial charge in [0.15, 0.2) is 0 Å². The first-order chi connectivity index (χ1) is 9.29. The summed E-state index contributed by atoms with van der Waals surface area (Å²) < 4.78 is 24.7. The lowest BCUT2D eigenvalue weighted by atomic mass is 10.0. The first kappa shape index (κ1) is 16.1. The zero-order valence-corrected chi connectivity index (χ0v) is 11.2. The molecule has 8 heteroatoms. The molecule has 0 bridgehead atoms. The number of carbonyl (C=O) groups excluding carboxylic acids is 1. The molecule has 0 unspecified atom stereocenters. The van der Waals surface area contributed by atoms with Gasteiger partial charge < -0.3 is 10.4 Å². The van der Waals surface area contributed by atoms with Gasteiger partial charge in [0.05, 0.1) is 6.42 Å². The lowest BCUT2D eigenvalue weighted by Gasteiger charge is -2.18. The van der Waals surface area contributed by atoms with Crippen LogP contribution in [0.4, 0.5) is 8.78 Å². The highest BCUT2D eigenvalue weighted by molar-refractivity contribution is 5.92. The minimum Gasteiger partial charge on any atom is -0.481 e. The molecule has 20 heavy (non-hydrogen) atoms. The van der Waals surface area contributed by atoms with Crippen molar-refractivity contribution in [3.63, 3.8) is 0 Å². The molecule has 6 nitrogen and oxygen atoms in total. The number of nitrogens with zero attached hydrogens (tertiary/aromatic N) is 1. The molecule has 0 saturated carbocycles. The molecule has 0 aromatic carbocycles. The van der Waals surface area contributed by atoms with Gasteiger partial charge in [-0.2, -0.15) is 5.10 Å². The van der Waals surface area contributed by atoms with Crippen molar-refractivity contribution in [2.45, 2.75) is 39.2 Å². The van der Waals surface area contributed by atoms with Crippen LogP contribution < -0.4 is 5.32 Å². The van der Waals surface area contributed by atoms with Gasteiger partial charge in [-0.15, -0.1) is 0 Å². The van der Waals surface area contributed by atoms with Crippen LogP contribution in [0, 0.1) is 5.92 Å². The number of amides is 1. The molecular weight excluding hydrogens is 272 g/mol. The first-order valence-electron chi connectivity index (χ1n) is 6.15. The van der Waals surface area contributed by atoms with Gasteiger partial charge in [0.1, 0.15) is 11.4 Å². The van der Waals surface area contributed by atoms with Crippen LogP contribution in [0.25, 0.3) is 0 Å². The summed E-state index contributed by atoms with van der Waals surface area (Å²) in [6, 6.07) is 0.388. The van der Waals surface area contributed by atoms with Crippen LogP contribution in [0.15, 0.2) is 6.07 Å². The zero-order chi connectivity index (χ0) is 15.3. The molecule has 1 amide bonds. The van der Waals surface area contributed by atoms with Crippen molar-refractivity contribution in [3.8, 4) is 0 Å². The fraction of sp³-hybridized carbons (Fsp3) is 0.583. The summed E-state index contributed by atoms with van der Waals surface area (Å²) >= 11 is 0. The molecule has 0 radical (unpaired) electrons. The highest BCUT2D eigenvalue weighted by Gasteiger charge is 2.21. The van der Waals surface area contributed by atoms with Crippen LogP contribution in [-0.4, -0.2) is 33.2 Å². The number of hydrogen-bond donors (Lipinski definition) is 3. The van der Waals surface area contributed by atoms with E-state index in [2.05, 4.69) is 15.5 Å². The van der Waals surface area contributed by atoms with Crippen molar-refractivity contribution in [2.24, 2.45) is 5.92 Å². The molecule has 3 N–H and O–H groups in total. The SMILES string of the molecule is CC(C)C[C@@H](CC(=O)O)NC(=O)c1cc(C(F)F)[nH]n1. The minimum absolute atomic E-state index is 0.181. The van der Waals surface area contributed by atoms with E-state index >= 15 is 0 Å². The van der Waals surface area contributed by atoms with Crippen LogP contribution >= 0.6 is 0 Å². The molecule has 1 heterocycles. The van der Waals surface area contributed by atoms with Gasteiger partial charge in [0, 0.05) is 6.04 Å². The normalized spacial score (nSPS) is 12.7. The van der Waals surface area contributed by atoms with E-state index in [1.807, 2.05) is 13.8 Å². The van der Waals surface area contributed by atoms with Crippen LogP contribution in [0.3, 0.4) is 0 Å². The standard InChI is InChI=1S/C12H17F2N3O3/c1-6(2)3-7(4-10(18)19)15-12(20)9-5-8(11(13)14)16-17-9/h5-7,11H,3-4H2,1-2H3,(H,15,20)(H,16,17)(H,18,19)/t7-/m0/s1. The van der Waals surface area contributed by atoms with Crippen molar-refractivity contribution >= 4 is 11.9 Å². The van der Waals surface area contributed by atoms with Gasteiger partial charge in [-0.25, -0.2) is 8.78 Å². The zero-order valence-electron chi connectivity index (χ0n) is 11.2. The predicted octanol–water partition coefficient (Wildman–Crippen LogP) is 1.97. The fourth-order valence-corrected chi connectivity index (χ4v) is 1.80. The molecule has 0 saturated heterocycles. The summed E-state index contributed by atoms with van der Waals surface area (Å²) in [7, 11) is 0. The Labute approximate surface area is 114 Å². The van der Waals surface area contributed by atoms with Crippen molar-refractivity contribution in [1.82, 2.24) is 15.5 Å². The number of aliphatic carboxylic acids is 1. The molecule has 1 atom stereocenters. The number of hydrogen-bond acceptors (Lipinski definition) is 3. The average Bonchev–Trinajstić information content (AvgIpc) is 2.75. The summed E-state index contributed by atoms with van der Waals surface area (Å²) in [6.07, 6.45) is -2.49. The molecule has 1 aromatic heterocycles. The number of alkyl halides is 2. The summed E-state index contributed by atoms with van der Waals surface area (Å²) in [5.74, 6) is -1.51. The molecule has 112 valence electrons. The highest BCUT2D eigenvalue weighted by Crippen LogP contribution is 2.16. The van der Waals surface area contributed by atoms with Crippen molar-refractivity contribution in [1.29, 1.82) is 0 Å². The van der Waals surface area contributed by atoms with E-state index < -0.39 is 30.0 Å². The molecule has 0 aliphatic rings. The second-order valence-electron chi connectivity index (χ2n) is 4.91. The van der Waals surface area contributed by atoms with Crippen LogP contribution in [0.5, 0.6) is 0 Å². The van der Waals surface area contributed by atoms with E-state index in [1.165, 1.54) is 0 Å². The van der Waals surface area contributed by atoms with Gasteiger partial charge in [0.25, 0.3) is 12.3 Å². The van der Waals surface area contributed by atoms with E-state index in [0.717, 1.165) is 6.07 Å². The van der Waals surface area contributed by atoms with E-state index in [-0.39, 0.29) is 18.0 Å². The monoisotopic (exact) mass is 289 g/mol. The van der Waals surface area contributed by atoms with E-state index in [9.17, 15) is 18.4 Å². The predicted molar refractivity (Wildman–Crippen MR) is 66.5 cm³/mol. The summed E-state index contributed by atoms with van der Waals surface area (Å²) in [6.45, 7) is 3.79. The topological polar surface area (TPSA) is 95.1 Å². The maximum Gasteiger partial charge on any atom is 0.305 e. The van der Waals surface area contributed by atoms with Crippen LogP contribution in [-0.2, 0) is 4.79 Å². The number of nitrogens with one attached hydrogen (secondary N) is 2. The lowest BCUT2D eigenvalue weighted by molar-refractivity contribution is -0.137. The summed E-state index contributed by atoms with van der Waals surface area (Å²) in [5, 5.41) is 16.8. The second-order valence-corrected chi connectivity index (χ2v) is 4.91. The molecule has 0 aliphatic heterocycles. The van der Waals surface area contributed by atoms with E-state index in [1.54, 1.807) is 0 Å². The maximum atomic E-state index is 12.4. The average molecular weight is 289 g/mol. The number of halogens is 2. The van der Waals surface area contributed by atoms with Gasteiger partial charge in [0.2, 0.25) is 0 Å². The number of H-pyrrole nitrogens is 1. The van der Waals surface area contributed by atoms with E-state index in [4.69, 9.17) is 5.11 Å². The Morgan fingerprint density at radius 1 is 1.45 bits per heavy atom. The Morgan fingerprint density at radius 2 is 2.10 bits per heavy atom. The largest absolute Gasteiger partial charge is 0.481 e. The Bertz CT molecular complexity index is 474. The molecule has 0 spiro atoms. The lowest BCUT2D eigenvalue weighted by Crippen LogP contribution is -2.37.